The van der Waals surface area contributed by atoms with Gasteiger partial charge in [-0.05, 0) is 19.3 Å². The second-order valence-electron chi connectivity index (χ2n) is 5.61. The van der Waals surface area contributed by atoms with Crippen molar-refractivity contribution >= 4 is 5.82 Å². The molecule has 3 N–H and O–H groups in total. The minimum Gasteiger partial charge on any atom is -0.366 e. The largest absolute Gasteiger partial charge is 0.366 e. The van der Waals surface area contributed by atoms with Crippen molar-refractivity contribution in [2.45, 2.75) is 53.0 Å². The molecule has 4 nitrogen and oxygen atoms in total. The third-order valence-corrected chi connectivity index (χ3v) is 2.78. The van der Waals surface area contributed by atoms with Crippen molar-refractivity contribution < 1.29 is 0 Å². The molecule has 0 saturated carbocycles. The molecule has 0 amide bonds. The van der Waals surface area contributed by atoms with Gasteiger partial charge >= 0.3 is 0 Å². The molecule has 0 saturated heterocycles. The zero-order valence-corrected chi connectivity index (χ0v) is 12.2. The lowest BCUT2D eigenvalue weighted by Crippen LogP contribution is -2.30. The Morgan fingerprint density at radius 3 is 2.39 bits per heavy atom. The number of aromatic nitrogens is 2. The smallest absolute Gasteiger partial charge is 0.133 e. The van der Waals surface area contributed by atoms with E-state index in [2.05, 4.69) is 43.0 Å². The van der Waals surface area contributed by atoms with Crippen molar-refractivity contribution in [1.29, 1.82) is 0 Å². The summed E-state index contributed by atoms with van der Waals surface area (Å²) in [7, 11) is 0. The van der Waals surface area contributed by atoms with E-state index in [9.17, 15) is 0 Å². The molecule has 1 heterocycles. The molecule has 0 aliphatic heterocycles. The van der Waals surface area contributed by atoms with E-state index in [1.54, 1.807) is 0 Å². The number of hydrogen-bond donors (Lipinski definition) is 2. The molecule has 0 aliphatic rings. The van der Waals surface area contributed by atoms with Crippen molar-refractivity contribution in [2.24, 2.45) is 11.7 Å². The van der Waals surface area contributed by atoms with E-state index in [0.29, 0.717) is 18.4 Å². The van der Waals surface area contributed by atoms with E-state index >= 15 is 0 Å². The maximum Gasteiger partial charge on any atom is 0.133 e. The van der Waals surface area contributed by atoms with Gasteiger partial charge in [0.05, 0.1) is 0 Å². The van der Waals surface area contributed by atoms with Crippen molar-refractivity contribution in [3.63, 3.8) is 0 Å². The normalized spacial score (nSPS) is 13.1. The van der Waals surface area contributed by atoms with Crippen LogP contribution in [-0.2, 0) is 0 Å². The van der Waals surface area contributed by atoms with Crippen LogP contribution in [0.15, 0.2) is 6.07 Å². The maximum absolute atomic E-state index is 5.80. The number of nitrogens with two attached hydrogens (primary N) is 1. The molecule has 1 rings (SSSR count). The number of aryl methyl sites for hydroxylation is 1. The monoisotopic (exact) mass is 250 g/mol. The van der Waals surface area contributed by atoms with Crippen LogP contribution in [0.5, 0.6) is 0 Å². The molecule has 102 valence electrons. The molecule has 0 bridgehead atoms. The van der Waals surface area contributed by atoms with E-state index in [0.717, 1.165) is 23.8 Å². The Kier molecular flexibility index (Phi) is 5.54. The molecule has 1 unspecified atom stereocenters. The first-order chi connectivity index (χ1) is 8.42. The Balaban J connectivity index is 2.82. The maximum atomic E-state index is 5.80. The quantitative estimate of drug-likeness (QED) is 0.814. The summed E-state index contributed by atoms with van der Waals surface area (Å²) in [5.41, 5.74) is 6.80. The fourth-order valence-corrected chi connectivity index (χ4v) is 1.92. The average molecular weight is 250 g/mol. The summed E-state index contributed by atoms with van der Waals surface area (Å²) < 4.78 is 0. The van der Waals surface area contributed by atoms with Gasteiger partial charge in [0.25, 0.3) is 0 Å². The summed E-state index contributed by atoms with van der Waals surface area (Å²) >= 11 is 0. The van der Waals surface area contributed by atoms with E-state index in [-0.39, 0.29) is 6.04 Å². The highest BCUT2D eigenvalue weighted by molar-refractivity contribution is 5.37. The summed E-state index contributed by atoms with van der Waals surface area (Å²) in [5.74, 6) is 2.74. The van der Waals surface area contributed by atoms with Gasteiger partial charge < -0.3 is 11.1 Å². The van der Waals surface area contributed by atoms with Crippen molar-refractivity contribution in [3.8, 4) is 0 Å². The lowest BCUT2D eigenvalue weighted by molar-refractivity contribution is 0.520. The zero-order chi connectivity index (χ0) is 13.7. The number of hydrogen-bond acceptors (Lipinski definition) is 4. The Morgan fingerprint density at radius 1 is 1.22 bits per heavy atom. The third-order valence-electron chi connectivity index (χ3n) is 2.78. The van der Waals surface area contributed by atoms with Crippen LogP contribution in [0.3, 0.4) is 0 Å². The Labute approximate surface area is 110 Å². The molecular formula is C14H26N4. The van der Waals surface area contributed by atoms with Crippen molar-refractivity contribution in [3.05, 3.63) is 17.6 Å². The Morgan fingerprint density at radius 2 is 1.89 bits per heavy atom. The standard InChI is InChI=1S/C14H26N4/c1-9(2)6-12(8-15)17-13-7-11(5)16-14(18-13)10(3)4/h7,9-10,12H,6,8,15H2,1-5H3,(H,16,17,18). The molecule has 1 aromatic heterocycles. The first kappa shape index (κ1) is 14.9. The molecule has 0 fully saturated rings. The van der Waals surface area contributed by atoms with Gasteiger partial charge in [-0.25, -0.2) is 9.97 Å². The van der Waals surface area contributed by atoms with Crippen LogP contribution in [0.4, 0.5) is 5.82 Å². The van der Waals surface area contributed by atoms with Gasteiger partial charge in [-0.15, -0.1) is 0 Å². The van der Waals surface area contributed by atoms with E-state index < -0.39 is 0 Å². The van der Waals surface area contributed by atoms with Gasteiger partial charge in [-0.2, -0.15) is 0 Å². The minimum atomic E-state index is 0.277. The fourth-order valence-electron chi connectivity index (χ4n) is 1.92. The Bertz CT molecular complexity index is 374. The van der Waals surface area contributed by atoms with Crippen LogP contribution in [0.2, 0.25) is 0 Å². The molecule has 18 heavy (non-hydrogen) atoms. The van der Waals surface area contributed by atoms with Crippen molar-refractivity contribution in [2.75, 3.05) is 11.9 Å². The van der Waals surface area contributed by atoms with Crippen molar-refractivity contribution in [1.82, 2.24) is 9.97 Å². The molecule has 1 aromatic rings. The van der Waals surface area contributed by atoms with E-state index in [1.807, 2.05) is 13.0 Å². The van der Waals surface area contributed by atoms with Gasteiger partial charge in [0, 0.05) is 30.3 Å². The first-order valence-electron chi connectivity index (χ1n) is 6.74. The zero-order valence-electron chi connectivity index (χ0n) is 12.2. The van der Waals surface area contributed by atoms with Crippen LogP contribution < -0.4 is 11.1 Å². The number of nitrogens with one attached hydrogen (secondary N) is 1. The molecule has 0 aromatic carbocycles. The summed E-state index contributed by atoms with van der Waals surface area (Å²) in [4.78, 5) is 9.00. The molecule has 0 radical (unpaired) electrons. The predicted octanol–water partition coefficient (Wildman–Crippen LogP) is 2.69. The summed E-state index contributed by atoms with van der Waals surface area (Å²) in [6.07, 6.45) is 1.05. The summed E-state index contributed by atoms with van der Waals surface area (Å²) in [6.45, 7) is 11.2. The molecule has 1 atom stereocenters. The second-order valence-corrected chi connectivity index (χ2v) is 5.61. The van der Waals surface area contributed by atoms with Gasteiger partial charge in [-0.1, -0.05) is 27.7 Å². The van der Waals surface area contributed by atoms with Crippen LogP contribution in [0.25, 0.3) is 0 Å². The van der Waals surface area contributed by atoms with Crippen LogP contribution in [-0.4, -0.2) is 22.6 Å². The lowest BCUT2D eigenvalue weighted by atomic mass is 10.0. The van der Waals surface area contributed by atoms with Gasteiger partial charge in [0.15, 0.2) is 0 Å². The van der Waals surface area contributed by atoms with Crippen LogP contribution in [0, 0.1) is 12.8 Å². The third kappa shape index (κ3) is 4.61. The minimum absolute atomic E-state index is 0.277. The summed E-state index contributed by atoms with van der Waals surface area (Å²) in [6, 6.07) is 2.26. The molecular weight excluding hydrogens is 224 g/mol. The lowest BCUT2D eigenvalue weighted by Gasteiger charge is -2.20. The molecule has 4 heteroatoms. The van der Waals surface area contributed by atoms with E-state index in [1.165, 1.54) is 0 Å². The second kappa shape index (κ2) is 6.69. The molecule has 0 aliphatic carbocycles. The number of anilines is 1. The average Bonchev–Trinajstić information content (AvgIpc) is 2.26. The highest BCUT2D eigenvalue weighted by Gasteiger charge is 2.11. The first-order valence-corrected chi connectivity index (χ1v) is 6.74. The van der Waals surface area contributed by atoms with E-state index in [4.69, 9.17) is 5.73 Å². The summed E-state index contributed by atoms with van der Waals surface area (Å²) in [5, 5.41) is 3.42. The van der Waals surface area contributed by atoms with Crippen LogP contribution in [0.1, 0.15) is 51.6 Å². The number of rotatable bonds is 6. The van der Waals surface area contributed by atoms with Gasteiger partial charge in [-0.3, -0.25) is 0 Å². The van der Waals surface area contributed by atoms with Crippen LogP contribution >= 0.6 is 0 Å². The fraction of sp³-hybridized carbons (Fsp3) is 0.714. The molecule has 0 spiro atoms. The van der Waals surface area contributed by atoms with Gasteiger partial charge in [0.1, 0.15) is 11.6 Å². The highest BCUT2D eigenvalue weighted by atomic mass is 15.1. The van der Waals surface area contributed by atoms with Gasteiger partial charge in [0.2, 0.25) is 0 Å². The predicted molar refractivity (Wildman–Crippen MR) is 76.8 cm³/mol. The SMILES string of the molecule is Cc1cc(NC(CN)CC(C)C)nc(C(C)C)n1. The topological polar surface area (TPSA) is 63.8 Å². The Hall–Kier alpha value is -1.16. The number of nitrogens with zero attached hydrogens (tertiary/aromatic N) is 2. The highest BCUT2D eigenvalue weighted by Crippen LogP contribution is 2.15.